The number of carbonyl (C=O) groups excluding carboxylic acids is 1. The minimum absolute atomic E-state index is 0.274. The number of methoxy groups -OCH3 is 1. The van der Waals surface area contributed by atoms with Crippen LogP contribution in [0.1, 0.15) is 11.7 Å². The first kappa shape index (κ1) is 15.2. The highest BCUT2D eigenvalue weighted by Crippen LogP contribution is 2.25. The first-order valence-corrected chi connectivity index (χ1v) is 7.26. The molecular formula is C17H17N3O3. The lowest BCUT2D eigenvalue weighted by Gasteiger charge is -2.21. The number of hydrogen-bond donors (Lipinski definition) is 1. The zero-order valence-electron chi connectivity index (χ0n) is 12.7. The van der Waals surface area contributed by atoms with Gasteiger partial charge < -0.3 is 14.4 Å². The third kappa shape index (κ3) is 3.07. The molecular weight excluding hydrogens is 294 g/mol. The fourth-order valence-corrected chi connectivity index (χ4v) is 2.62. The molecule has 0 aliphatic heterocycles. The van der Waals surface area contributed by atoms with Crippen LogP contribution >= 0.6 is 0 Å². The Hall–Kier alpha value is -2.73. The number of fused-ring (bicyclic) bond motifs is 1. The third-order valence-corrected chi connectivity index (χ3v) is 3.85. The average Bonchev–Trinajstić information content (AvgIpc) is 3.02. The summed E-state index contributed by atoms with van der Waals surface area (Å²) in [5.74, 6) is -1.20. The van der Waals surface area contributed by atoms with E-state index < -0.39 is 18.0 Å². The van der Waals surface area contributed by atoms with Crippen molar-refractivity contribution in [1.29, 1.82) is 0 Å². The zero-order chi connectivity index (χ0) is 16.2. The smallest absolute Gasteiger partial charge is 0.313 e. The number of aliphatic hydroxyl groups is 1. The lowest BCUT2D eigenvalue weighted by Crippen LogP contribution is -2.28. The third-order valence-electron chi connectivity index (χ3n) is 3.85. The van der Waals surface area contributed by atoms with Crippen LogP contribution in [0.15, 0.2) is 55.1 Å². The van der Waals surface area contributed by atoms with E-state index in [1.165, 1.54) is 7.11 Å². The van der Waals surface area contributed by atoms with Gasteiger partial charge in [0.1, 0.15) is 5.92 Å². The molecule has 6 nitrogen and oxygen atoms in total. The summed E-state index contributed by atoms with van der Waals surface area (Å²) in [5, 5.41) is 10.6. The number of aliphatic hydroxyl groups excluding tert-OH is 1. The lowest BCUT2D eigenvalue weighted by molar-refractivity contribution is -0.150. The molecule has 0 radical (unpaired) electrons. The minimum atomic E-state index is -0.980. The number of pyridine rings is 1. The van der Waals surface area contributed by atoms with Gasteiger partial charge in [-0.1, -0.05) is 12.1 Å². The van der Waals surface area contributed by atoms with Crippen molar-refractivity contribution in [3.63, 3.8) is 0 Å². The van der Waals surface area contributed by atoms with E-state index in [9.17, 15) is 9.90 Å². The molecule has 3 rings (SSSR count). The summed E-state index contributed by atoms with van der Waals surface area (Å²) >= 11 is 0. The minimum Gasteiger partial charge on any atom is -0.469 e. The van der Waals surface area contributed by atoms with E-state index in [-0.39, 0.29) is 6.54 Å². The van der Waals surface area contributed by atoms with Crippen molar-refractivity contribution < 1.29 is 14.6 Å². The summed E-state index contributed by atoms with van der Waals surface area (Å²) in [6.07, 6.45) is 3.85. The van der Waals surface area contributed by atoms with E-state index in [1.54, 1.807) is 30.9 Å². The van der Waals surface area contributed by atoms with Crippen molar-refractivity contribution in [2.75, 3.05) is 7.11 Å². The number of benzene rings is 1. The van der Waals surface area contributed by atoms with Crippen molar-refractivity contribution in [3.05, 3.63) is 60.7 Å². The monoisotopic (exact) mass is 311 g/mol. The summed E-state index contributed by atoms with van der Waals surface area (Å²) in [4.78, 5) is 20.4. The summed E-state index contributed by atoms with van der Waals surface area (Å²) in [7, 11) is 1.32. The molecule has 0 saturated carbocycles. The maximum absolute atomic E-state index is 12.2. The predicted molar refractivity (Wildman–Crippen MR) is 84.4 cm³/mol. The number of hydrogen-bond acceptors (Lipinski definition) is 5. The Morgan fingerprint density at radius 2 is 2.00 bits per heavy atom. The molecule has 2 heterocycles. The number of carbonyl (C=O) groups is 1. The largest absolute Gasteiger partial charge is 0.469 e. The summed E-state index contributed by atoms with van der Waals surface area (Å²) in [6, 6.07) is 11.0. The lowest BCUT2D eigenvalue weighted by atomic mass is 9.96. The molecule has 2 unspecified atom stereocenters. The van der Waals surface area contributed by atoms with Gasteiger partial charge in [-0.25, -0.2) is 4.98 Å². The maximum Gasteiger partial charge on any atom is 0.313 e. The Bertz CT molecular complexity index is 801. The highest BCUT2D eigenvalue weighted by atomic mass is 16.5. The summed E-state index contributed by atoms with van der Waals surface area (Å²) < 4.78 is 6.72. The van der Waals surface area contributed by atoms with Gasteiger partial charge in [0.2, 0.25) is 0 Å². The maximum atomic E-state index is 12.2. The Labute approximate surface area is 133 Å². The first-order valence-electron chi connectivity index (χ1n) is 7.26. The number of ether oxygens (including phenoxy) is 1. The molecule has 3 aromatic rings. The van der Waals surface area contributed by atoms with Crippen molar-refractivity contribution in [2.45, 2.75) is 12.6 Å². The van der Waals surface area contributed by atoms with Crippen molar-refractivity contribution >= 4 is 17.0 Å². The second-order valence-corrected chi connectivity index (χ2v) is 5.24. The van der Waals surface area contributed by atoms with Crippen LogP contribution in [0.25, 0.3) is 11.0 Å². The van der Waals surface area contributed by atoms with Gasteiger partial charge in [0.05, 0.1) is 30.6 Å². The van der Waals surface area contributed by atoms with Gasteiger partial charge in [-0.3, -0.25) is 9.78 Å². The molecule has 0 aliphatic carbocycles. The molecule has 2 atom stereocenters. The molecule has 23 heavy (non-hydrogen) atoms. The molecule has 0 fully saturated rings. The number of aromatic nitrogens is 3. The van der Waals surface area contributed by atoms with Crippen LogP contribution < -0.4 is 0 Å². The highest BCUT2D eigenvalue weighted by molar-refractivity contribution is 5.76. The van der Waals surface area contributed by atoms with Crippen molar-refractivity contribution in [3.8, 4) is 0 Å². The molecule has 6 heteroatoms. The highest BCUT2D eigenvalue weighted by Gasteiger charge is 2.29. The van der Waals surface area contributed by atoms with Gasteiger partial charge in [0.25, 0.3) is 0 Å². The quantitative estimate of drug-likeness (QED) is 0.729. The Kier molecular flexibility index (Phi) is 4.34. The molecule has 0 bridgehead atoms. The molecule has 0 spiro atoms. The molecule has 0 aliphatic rings. The Morgan fingerprint density at radius 3 is 2.74 bits per heavy atom. The van der Waals surface area contributed by atoms with Crippen molar-refractivity contribution in [2.24, 2.45) is 5.92 Å². The number of nitrogens with zero attached hydrogens (tertiary/aromatic N) is 3. The van der Waals surface area contributed by atoms with Crippen molar-refractivity contribution in [1.82, 2.24) is 14.5 Å². The number of imidazole rings is 1. The van der Waals surface area contributed by atoms with Crippen LogP contribution in [0.3, 0.4) is 0 Å². The van der Waals surface area contributed by atoms with Crippen LogP contribution in [-0.2, 0) is 16.1 Å². The van der Waals surface area contributed by atoms with Crippen LogP contribution in [0, 0.1) is 5.92 Å². The summed E-state index contributed by atoms with van der Waals surface area (Å²) in [6.45, 7) is 0.274. The fourth-order valence-electron chi connectivity index (χ4n) is 2.62. The van der Waals surface area contributed by atoms with E-state index in [2.05, 4.69) is 9.97 Å². The Balaban J connectivity index is 1.92. The van der Waals surface area contributed by atoms with Gasteiger partial charge >= 0.3 is 5.97 Å². The van der Waals surface area contributed by atoms with Crippen LogP contribution in [0.4, 0.5) is 0 Å². The Morgan fingerprint density at radius 1 is 1.26 bits per heavy atom. The normalized spacial score (nSPS) is 13.7. The van der Waals surface area contributed by atoms with Crippen LogP contribution in [0.5, 0.6) is 0 Å². The molecule has 1 N–H and O–H groups in total. The molecule has 2 aromatic heterocycles. The molecule has 118 valence electrons. The fraction of sp³-hybridized carbons (Fsp3) is 0.235. The van der Waals surface area contributed by atoms with Gasteiger partial charge in [0, 0.05) is 18.9 Å². The van der Waals surface area contributed by atoms with Crippen LogP contribution in [-0.4, -0.2) is 32.7 Å². The molecule has 0 amide bonds. The number of esters is 1. The van der Waals surface area contributed by atoms with Gasteiger partial charge in [0.15, 0.2) is 0 Å². The van der Waals surface area contributed by atoms with E-state index in [0.29, 0.717) is 5.56 Å². The van der Waals surface area contributed by atoms with E-state index >= 15 is 0 Å². The predicted octanol–water partition coefficient (Wildman–Crippen LogP) is 1.95. The molecule has 1 aromatic carbocycles. The van der Waals surface area contributed by atoms with E-state index in [1.807, 2.05) is 28.8 Å². The van der Waals surface area contributed by atoms with Gasteiger partial charge in [-0.15, -0.1) is 0 Å². The SMILES string of the molecule is COC(=O)C(Cn1cnc2ccccc21)C(O)c1ccncc1. The van der Waals surface area contributed by atoms with E-state index in [4.69, 9.17) is 4.74 Å². The second-order valence-electron chi connectivity index (χ2n) is 5.24. The standard InChI is InChI=1S/C17H17N3O3/c1-23-17(22)13(16(21)12-6-8-18-9-7-12)10-20-11-19-14-4-2-3-5-15(14)20/h2-9,11,13,16,21H,10H2,1H3. The van der Waals surface area contributed by atoms with E-state index in [0.717, 1.165) is 11.0 Å². The van der Waals surface area contributed by atoms with Gasteiger partial charge in [-0.2, -0.15) is 0 Å². The number of rotatable bonds is 5. The zero-order valence-corrected chi connectivity index (χ0v) is 12.7. The first-order chi connectivity index (χ1) is 11.2. The average molecular weight is 311 g/mol. The molecule has 0 saturated heterocycles. The second kappa shape index (κ2) is 6.58. The van der Waals surface area contributed by atoms with Crippen LogP contribution in [0.2, 0.25) is 0 Å². The van der Waals surface area contributed by atoms with Gasteiger partial charge in [-0.05, 0) is 29.8 Å². The summed E-state index contributed by atoms with van der Waals surface area (Å²) in [5.41, 5.74) is 2.37. The topological polar surface area (TPSA) is 77.2 Å². The number of para-hydroxylation sites is 2.